The zero-order chi connectivity index (χ0) is 27.1. The van der Waals surface area contributed by atoms with Crippen molar-refractivity contribution in [1.29, 1.82) is 5.26 Å². The summed E-state index contributed by atoms with van der Waals surface area (Å²) in [6, 6.07) is 36.5. The summed E-state index contributed by atoms with van der Waals surface area (Å²) in [5.74, 6) is -0.138. The van der Waals surface area contributed by atoms with Crippen molar-refractivity contribution in [2.24, 2.45) is 0 Å². The van der Waals surface area contributed by atoms with Crippen LogP contribution in [0.4, 0.5) is 4.79 Å². The quantitative estimate of drug-likeness (QED) is 0.274. The number of hydrogen-bond donors (Lipinski definition) is 0. The van der Waals surface area contributed by atoms with Crippen molar-refractivity contribution in [3.05, 3.63) is 138 Å². The van der Waals surface area contributed by atoms with Crippen molar-refractivity contribution < 1.29 is 23.8 Å². The lowest BCUT2D eigenvalue weighted by Crippen LogP contribution is -2.57. The molecule has 0 bridgehead atoms. The molecule has 1 amide bonds. The minimum atomic E-state index is -1.52. The zero-order valence-corrected chi connectivity index (χ0v) is 21.1. The molecule has 2 atom stereocenters. The van der Waals surface area contributed by atoms with Crippen LogP contribution >= 0.6 is 0 Å². The van der Waals surface area contributed by atoms with E-state index in [0.717, 1.165) is 11.1 Å². The summed E-state index contributed by atoms with van der Waals surface area (Å²) in [4.78, 5) is 29.0. The van der Waals surface area contributed by atoms with Crippen LogP contribution in [0.15, 0.2) is 115 Å². The van der Waals surface area contributed by atoms with Crippen LogP contribution in [0.1, 0.15) is 28.5 Å². The van der Waals surface area contributed by atoms with Crippen molar-refractivity contribution >= 4 is 12.1 Å². The maximum Gasteiger partial charge on any atom is 0.414 e. The molecule has 194 valence electrons. The fourth-order valence-electron chi connectivity index (χ4n) is 4.58. The molecule has 4 aromatic rings. The number of nitriles is 1. The molecule has 0 radical (unpaired) electrons. The molecule has 1 aliphatic heterocycles. The van der Waals surface area contributed by atoms with Crippen molar-refractivity contribution in [2.75, 3.05) is 6.61 Å². The van der Waals surface area contributed by atoms with Gasteiger partial charge in [-0.15, -0.1) is 0 Å². The first kappa shape index (κ1) is 25.6. The number of benzene rings is 4. The minimum absolute atomic E-state index is 0.0315. The van der Waals surface area contributed by atoms with E-state index in [1.54, 1.807) is 36.4 Å². The van der Waals surface area contributed by atoms with Gasteiger partial charge in [0.2, 0.25) is 6.23 Å². The van der Waals surface area contributed by atoms with Crippen molar-refractivity contribution in [2.45, 2.75) is 24.8 Å². The third-order valence-corrected chi connectivity index (χ3v) is 6.58. The fraction of sp³-hybridized carbons (Fsp3) is 0.156. The Morgan fingerprint density at radius 2 is 1.44 bits per heavy atom. The SMILES string of the molecule is N#Cc1ccc(OC[C@@]2(Cc3ccccc3)C(=O)O[C@H](c3ccccc3)N2C(=O)OCc2ccccc2)cc1. The van der Waals surface area contributed by atoms with Crippen molar-refractivity contribution in [3.63, 3.8) is 0 Å². The number of carbonyl (C=O) groups is 2. The number of cyclic esters (lactones) is 1. The van der Waals surface area contributed by atoms with Crippen LogP contribution in [0.2, 0.25) is 0 Å². The van der Waals surface area contributed by atoms with E-state index in [9.17, 15) is 9.59 Å². The Hall–Kier alpha value is -5.09. The number of hydrogen-bond acceptors (Lipinski definition) is 6. The molecule has 1 fully saturated rings. The summed E-state index contributed by atoms with van der Waals surface area (Å²) in [5.41, 5.74) is 1.24. The van der Waals surface area contributed by atoms with Gasteiger partial charge in [0.25, 0.3) is 0 Å². The van der Waals surface area contributed by atoms with E-state index in [4.69, 9.17) is 19.5 Å². The third-order valence-electron chi connectivity index (χ3n) is 6.58. The van der Waals surface area contributed by atoms with Gasteiger partial charge in [-0.3, -0.25) is 0 Å². The molecule has 0 saturated carbocycles. The molecule has 4 aromatic carbocycles. The van der Waals surface area contributed by atoms with Gasteiger partial charge in [0.05, 0.1) is 11.6 Å². The Morgan fingerprint density at radius 1 is 0.846 bits per heavy atom. The van der Waals surface area contributed by atoms with Crippen molar-refractivity contribution in [1.82, 2.24) is 4.90 Å². The van der Waals surface area contributed by atoms with Crippen LogP contribution < -0.4 is 4.74 Å². The first-order valence-corrected chi connectivity index (χ1v) is 12.5. The molecule has 0 unspecified atom stereocenters. The Bertz CT molecular complexity index is 1450. The molecular weight excluding hydrogens is 492 g/mol. The second kappa shape index (κ2) is 11.5. The molecule has 7 nitrogen and oxygen atoms in total. The highest BCUT2D eigenvalue weighted by Crippen LogP contribution is 2.41. The number of ether oxygens (including phenoxy) is 3. The van der Waals surface area contributed by atoms with E-state index in [1.807, 2.05) is 78.9 Å². The average Bonchev–Trinajstić information content (AvgIpc) is 3.28. The van der Waals surface area contributed by atoms with Gasteiger partial charge in [0.1, 0.15) is 19.0 Å². The standard InChI is InChI=1S/C32H26N2O5/c33-21-25-16-18-28(19-17-25)38-23-32(20-24-10-4-1-5-11-24)30(35)39-29(27-14-8-3-9-15-27)34(32)31(36)37-22-26-12-6-2-7-13-26/h1-19,29H,20,22-23H2/t29-,32+/m1/s1. The summed E-state index contributed by atoms with van der Waals surface area (Å²) in [6.07, 6.45) is -1.56. The fourth-order valence-corrected chi connectivity index (χ4v) is 4.58. The molecule has 0 N–H and O–H groups in total. The molecule has 0 spiro atoms. The van der Waals surface area contributed by atoms with Gasteiger partial charge in [0, 0.05) is 12.0 Å². The summed E-state index contributed by atoms with van der Waals surface area (Å²) in [7, 11) is 0. The topological polar surface area (TPSA) is 88.9 Å². The molecule has 1 heterocycles. The highest BCUT2D eigenvalue weighted by Gasteiger charge is 2.59. The highest BCUT2D eigenvalue weighted by atomic mass is 16.6. The number of nitrogens with zero attached hydrogens (tertiary/aromatic N) is 2. The van der Waals surface area contributed by atoms with Gasteiger partial charge < -0.3 is 14.2 Å². The van der Waals surface area contributed by atoms with Crippen LogP contribution in [-0.2, 0) is 27.3 Å². The maximum atomic E-state index is 13.8. The van der Waals surface area contributed by atoms with Gasteiger partial charge in [-0.2, -0.15) is 5.26 Å². The second-order valence-corrected chi connectivity index (χ2v) is 9.20. The predicted molar refractivity (Wildman–Crippen MR) is 143 cm³/mol. The van der Waals surface area contributed by atoms with Crippen LogP contribution in [0.3, 0.4) is 0 Å². The highest BCUT2D eigenvalue weighted by molar-refractivity contribution is 5.89. The van der Waals surface area contributed by atoms with E-state index in [1.165, 1.54) is 4.90 Å². The molecule has 0 aliphatic carbocycles. The Kier molecular flexibility index (Phi) is 7.56. The van der Waals surface area contributed by atoms with Crippen molar-refractivity contribution in [3.8, 4) is 11.8 Å². The Labute approximate surface area is 226 Å². The summed E-state index contributed by atoms with van der Waals surface area (Å²) in [6.45, 7) is -0.153. The first-order chi connectivity index (χ1) is 19.1. The lowest BCUT2D eigenvalue weighted by Gasteiger charge is -2.35. The lowest BCUT2D eigenvalue weighted by molar-refractivity contribution is -0.146. The second-order valence-electron chi connectivity index (χ2n) is 9.20. The number of rotatable bonds is 8. The Morgan fingerprint density at radius 3 is 2.05 bits per heavy atom. The monoisotopic (exact) mass is 518 g/mol. The summed E-state index contributed by atoms with van der Waals surface area (Å²) < 4.78 is 17.8. The maximum absolute atomic E-state index is 13.8. The zero-order valence-electron chi connectivity index (χ0n) is 21.1. The number of amides is 1. The van der Waals surface area contributed by atoms with Crippen LogP contribution in [0.5, 0.6) is 5.75 Å². The first-order valence-electron chi connectivity index (χ1n) is 12.5. The molecule has 0 aromatic heterocycles. The number of esters is 1. The summed E-state index contributed by atoms with van der Waals surface area (Å²) >= 11 is 0. The molecular formula is C32H26N2O5. The van der Waals surface area contributed by atoms with Crippen LogP contribution in [0, 0.1) is 11.3 Å². The van der Waals surface area contributed by atoms with E-state index < -0.39 is 23.8 Å². The largest absolute Gasteiger partial charge is 0.490 e. The van der Waals surface area contributed by atoms with Gasteiger partial charge >= 0.3 is 12.1 Å². The average molecular weight is 519 g/mol. The van der Waals surface area contributed by atoms with E-state index >= 15 is 0 Å². The van der Waals surface area contributed by atoms with Gasteiger partial charge in [0.15, 0.2) is 5.54 Å². The molecule has 1 aliphatic rings. The van der Waals surface area contributed by atoms with Crippen LogP contribution in [-0.4, -0.2) is 29.1 Å². The van der Waals surface area contributed by atoms with E-state index in [-0.39, 0.29) is 19.6 Å². The molecule has 1 saturated heterocycles. The van der Waals surface area contributed by atoms with Gasteiger partial charge in [-0.1, -0.05) is 91.0 Å². The lowest BCUT2D eigenvalue weighted by atomic mass is 9.90. The minimum Gasteiger partial charge on any atom is -0.490 e. The molecule has 7 heteroatoms. The van der Waals surface area contributed by atoms with E-state index in [0.29, 0.717) is 16.9 Å². The van der Waals surface area contributed by atoms with E-state index in [2.05, 4.69) is 6.07 Å². The smallest absolute Gasteiger partial charge is 0.414 e. The third kappa shape index (κ3) is 5.60. The van der Waals surface area contributed by atoms with Gasteiger partial charge in [-0.05, 0) is 35.4 Å². The predicted octanol–water partition coefficient (Wildman–Crippen LogP) is 5.81. The van der Waals surface area contributed by atoms with Gasteiger partial charge in [-0.25, -0.2) is 14.5 Å². The number of carbonyl (C=O) groups excluding carboxylic acids is 2. The summed E-state index contributed by atoms with van der Waals surface area (Å²) in [5, 5.41) is 9.13. The normalized spacial score (nSPS) is 18.2. The molecule has 39 heavy (non-hydrogen) atoms. The molecule has 5 rings (SSSR count). The van der Waals surface area contributed by atoms with Crippen LogP contribution in [0.25, 0.3) is 0 Å². The Balaban J connectivity index is 1.53.